The van der Waals surface area contributed by atoms with Gasteiger partial charge in [0.2, 0.25) is 0 Å². The van der Waals surface area contributed by atoms with Crippen molar-refractivity contribution in [1.29, 1.82) is 0 Å². The number of carbonyl (C=O) groups is 1. The lowest BCUT2D eigenvalue weighted by atomic mass is 10.1. The van der Waals surface area contributed by atoms with Crippen LogP contribution in [0.4, 0.5) is 0 Å². The van der Waals surface area contributed by atoms with Gasteiger partial charge in [-0.25, -0.2) is 4.68 Å². The zero-order valence-corrected chi connectivity index (χ0v) is 14.3. The minimum absolute atomic E-state index is 0.0609. The molecule has 2 aromatic rings. The van der Waals surface area contributed by atoms with Crippen LogP contribution in [-0.2, 0) is 0 Å². The second-order valence-electron chi connectivity index (χ2n) is 6.37. The fourth-order valence-electron chi connectivity index (χ4n) is 2.93. The van der Waals surface area contributed by atoms with E-state index in [-0.39, 0.29) is 5.91 Å². The molecule has 1 heterocycles. The van der Waals surface area contributed by atoms with Gasteiger partial charge >= 0.3 is 0 Å². The largest absolute Gasteiger partial charge is 0.339 e. The Balaban J connectivity index is 1.77. The maximum Gasteiger partial charge on any atom is 0.257 e. The summed E-state index contributed by atoms with van der Waals surface area (Å²) in [5, 5.41) is 5.59. The molecular formula is C17H17Cl2N3O. The summed E-state index contributed by atoms with van der Waals surface area (Å²) in [5.41, 5.74) is 2.45. The Morgan fingerprint density at radius 1 is 1.26 bits per heavy atom. The van der Waals surface area contributed by atoms with E-state index in [1.807, 2.05) is 22.7 Å². The number of carbonyl (C=O) groups excluding carboxylic acids is 1. The molecule has 1 aromatic carbocycles. The molecule has 4 nitrogen and oxygen atoms in total. The van der Waals surface area contributed by atoms with Crippen molar-refractivity contribution >= 4 is 29.1 Å². The van der Waals surface area contributed by atoms with E-state index in [0.29, 0.717) is 27.6 Å². The maximum atomic E-state index is 12.8. The summed E-state index contributed by atoms with van der Waals surface area (Å²) >= 11 is 12.3. The van der Waals surface area contributed by atoms with Gasteiger partial charge in [0, 0.05) is 24.0 Å². The number of hydrogen-bond donors (Lipinski definition) is 0. The molecule has 0 saturated heterocycles. The standard InChI is InChI=1S/C17H17Cl2N3O/c1-21(12-5-6-12)17(23)13-9-20-22(16(13)10-2-3-10)15-7-4-11(18)8-14(15)19/h4,7-10,12H,2-3,5-6H2,1H3. The average Bonchev–Trinajstić information content (AvgIpc) is 3.43. The fraction of sp³-hybridized carbons (Fsp3) is 0.412. The van der Waals surface area contributed by atoms with Crippen molar-refractivity contribution in [3.8, 4) is 5.69 Å². The van der Waals surface area contributed by atoms with Gasteiger partial charge in [0.15, 0.2) is 0 Å². The predicted octanol–water partition coefficient (Wildman–Crippen LogP) is 4.29. The highest BCUT2D eigenvalue weighted by Crippen LogP contribution is 2.43. The molecule has 23 heavy (non-hydrogen) atoms. The molecule has 2 saturated carbocycles. The van der Waals surface area contributed by atoms with Crippen LogP contribution in [0.15, 0.2) is 24.4 Å². The number of halogens is 2. The maximum absolute atomic E-state index is 12.8. The van der Waals surface area contributed by atoms with Crippen LogP contribution in [0.2, 0.25) is 10.0 Å². The molecule has 1 aromatic heterocycles. The lowest BCUT2D eigenvalue weighted by Gasteiger charge is -2.17. The topological polar surface area (TPSA) is 38.1 Å². The summed E-state index contributed by atoms with van der Waals surface area (Å²) < 4.78 is 1.81. The first kappa shape index (κ1) is 15.0. The van der Waals surface area contributed by atoms with Crippen LogP contribution in [0.1, 0.15) is 47.7 Å². The highest BCUT2D eigenvalue weighted by atomic mass is 35.5. The summed E-state index contributed by atoms with van der Waals surface area (Å²) in [6.07, 6.45) is 6.05. The molecule has 0 spiro atoms. The normalized spacial score (nSPS) is 17.3. The Morgan fingerprint density at radius 3 is 2.61 bits per heavy atom. The summed E-state index contributed by atoms with van der Waals surface area (Å²) in [4.78, 5) is 14.6. The molecule has 0 atom stereocenters. The number of hydrogen-bond acceptors (Lipinski definition) is 2. The minimum atomic E-state index is 0.0609. The van der Waals surface area contributed by atoms with E-state index >= 15 is 0 Å². The molecule has 120 valence electrons. The van der Waals surface area contributed by atoms with Crippen molar-refractivity contribution in [2.75, 3.05) is 7.05 Å². The summed E-state index contributed by atoms with van der Waals surface area (Å²) in [6.45, 7) is 0. The van der Waals surface area contributed by atoms with E-state index in [1.54, 1.807) is 18.3 Å². The zero-order chi connectivity index (χ0) is 16.1. The molecule has 0 bridgehead atoms. The molecule has 0 unspecified atom stereocenters. The molecule has 1 amide bonds. The van der Waals surface area contributed by atoms with Gasteiger partial charge in [0.1, 0.15) is 0 Å². The third-order valence-electron chi connectivity index (χ3n) is 4.55. The molecule has 4 rings (SSSR count). The molecule has 2 fully saturated rings. The molecule has 0 radical (unpaired) electrons. The first-order valence-corrected chi connectivity index (χ1v) is 8.62. The second-order valence-corrected chi connectivity index (χ2v) is 7.22. The van der Waals surface area contributed by atoms with Crippen LogP contribution in [-0.4, -0.2) is 33.7 Å². The van der Waals surface area contributed by atoms with Crippen LogP contribution >= 0.6 is 23.2 Å². The van der Waals surface area contributed by atoms with Gasteiger partial charge in [0.25, 0.3) is 5.91 Å². The van der Waals surface area contributed by atoms with Gasteiger partial charge in [-0.15, -0.1) is 0 Å². The van der Waals surface area contributed by atoms with Crippen molar-refractivity contribution in [2.24, 2.45) is 0 Å². The minimum Gasteiger partial charge on any atom is -0.339 e. The monoisotopic (exact) mass is 349 g/mol. The smallest absolute Gasteiger partial charge is 0.257 e. The highest BCUT2D eigenvalue weighted by Gasteiger charge is 2.37. The van der Waals surface area contributed by atoms with Crippen molar-refractivity contribution < 1.29 is 4.79 Å². The molecule has 0 aliphatic heterocycles. The first-order chi connectivity index (χ1) is 11.1. The van der Waals surface area contributed by atoms with Crippen LogP contribution in [0.3, 0.4) is 0 Å². The number of amides is 1. The van der Waals surface area contributed by atoms with Crippen molar-refractivity contribution in [2.45, 2.75) is 37.6 Å². The van der Waals surface area contributed by atoms with Crippen molar-refractivity contribution in [3.05, 3.63) is 45.7 Å². The van der Waals surface area contributed by atoms with Gasteiger partial charge in [-0.1, -0.05) is 23.2 Å². The number of aromatic nitrogens is 2. The van der Waals surface area contributed by atoms with E-state index < -0.39 is 0 Å². The van der Waals surface area contributed by atoms with E-state index in [2.05, 4.69) is 5.10 Å². The fourth-order valence-corrected chi connectivity index (χ4v) is 3.42. The molecule has 2 aliphatic rings. The van der Waals surface area contributed by atoms with Crippen LogP contribution < -0.4 is 0 Å². The average molecular weight is 350 g/mol. The summed E-state index contributed by atoms with van der Waals surface area (Å²) in [7, 11) is 1.88. The molecule has 0 N–H and O–H groups in total. The Bertz CT molecular complexity index is 778. The third kappa shape index (κ3) is 2.74. The lowest BCUT2D eigenvalue weighted by Crippen LogP contribution is -2.29. The third-order valence-corrected chi connectivity index (χ3v) is 5.09. The Kier molecular flexibility index (Phi) is 3.62. The van der Waals surface area contributed by atoms with E-state index in [0.717, 1.165) is 37.1 Å². The Labute approximate surface area is 145 Å². The van der Waals surface area contributed by atoms with Crippen LogP contribution in [0, 0.1) is 0 Å². The van der Waals surface area contributed by atoms with Gasteiger partial charge in [0.05, 0.1) is 28.2 Å². The zero-order valence-electron chi connectivity index (χ0n) is 12.8. The second kappa shape index (κ2) is 5.53. The van der Waals surface area contributed by atoms with Gasteiger partial charge in [-0.2, -0.15) is 5.10 Å². The Morgan fingerprint density at radius 2 is 2.00 bits per heavy atom. The van der Waals surface area contributed by atoms with E-state index in [1.165, 1.54) is 0 Å². The predicted molar refractivity (Wildman–Crippen MR) is 90.7 cm³/mol. The van der Waals surface area contributed by atoms with E-state index in [4.69, 9.17) is 23.2 Å². The van der Waals surface area contributed by atoms with Crippen LogP contribution in [0.5, 0.6) is 0 Å². The summed E-state index contributed by atoms with van der Waals surface area (Å²) in [6, 6.07) is 5.73. The molecule has 2 aliphatic carbocycles. The van der Waals surface area contributed by atoms with Gasteiger partial charge < -0.3 is 4.90 Å². The molecular weight excluding hydrogens is 333 g/mol. The Hall–Kier alpha value is -1.52. The van der Waals surface area contributed by atoms with E-state index in [9.17, 15) is 4.79 Å². The number of rotatable bonds is 4. The van der Waals surface area contributed by atoms with Gasteiger partial charge in [-0.3, -0.25) is 4.79 Å². The first-order valence-electron chi connectivity index (χ1n) is 7.86. The van der Waals surface area contributed by atoms with Gasteiger partial charge in [-0.05, 0) is 43.9 Å². The summed E-state index contributed by atoms with van der Waals surface area (Å²) in [5.74, 6) is 0.446. The van der Waals surface area contributed by atoms with Crippen molar-refractivity contribution in [3.63, 3.8) is 0 Å². The SMILES string of the molecule is CN(C(=O)c1cnn(-c2ccc(Cl)cc2Cl)c1C1CC1)C1CC1. The number of benzene rings is 1. The quantitative estimate of drug-likeness (QED) is 0.825. The van der Waals surface area contributed by atoms with Crippen molar-refractivity contribution in [1.82, 2.24) is 14.7 Å². The molecule has 6 heteroatoms. The number of nitrogens with zero attached hydrogens (tertiary/aromatic N) is 3. The van der Waals surface area contributed by atoms with Crippen LogP contribution in [0.25, 0.3) is 5.69 Å². The highest BCUT2D eigenvalue weighted by molar-refractivity contribution is 6.35. The lowest BCUT2D eigenvalue weighted by molar-refractivity contribution is 0.0784.